The molecule has 0 amide bonds. The van der Waals surface area contributed by atoms with Crippen LogP contribution in [0, 0.1) is 0 Å². The monoisotopic (exact) mass is 253 g/mol. The van der Waals surface area contributed by atoms with Gasteiger partial charge in [0.05, 0.1) is 14.2 Å². The Morgan fingerprint density at radius 3 is 2.44 bits per heavy atom. The molecular formula is C14H20FNO2. The molecule has 100 valence electrons. The Labute approximate surface area is 107 Å². The normalized spacial score (nSPS) is 18.3. The maximum Gasteiger partial charge on any atom is 0.166 e. The van der Waals surface area contributed by atoms with Crippen LogP contribution in [0.3, 0.4) is 0 Å². The summed E-state index contributed by atoms with van der Waals surface area (Å²) < 4.78 is 24.2. The molecule has 0 aromatic heterocycles. The number of methoxy groups -OCH3 is 2. The molecule has 18 heavy (non-hydrogen) atoms. The van der Waals surface area contributed by atoms with Crippen LogP contribution in [0.15, 0.2) is 12.1 Å². The van der Waals surface area contributed by atoms with Crippen molar-refractivity contribution in [3.63, 3.8) is 0 Å². The lowest BCUT2D eigenvalue weighted by Crippen LogP contribution is -2.24. The summed E-state index contributed by atoms with van der Waals surface area (Å²) in [4.78, 5) is 0. The van der Waals surface area contributed by atoms with Crippen LogP contribution in [0.5, 0.6) is 11.5 Å². The van der Waals surface area contributed by atoms with Crippen LogP contribution in [0.25, 0.3) is 0 Å². The first kappa shape index (κ1) is 13.1. The zero-order valence-electron chi connectivity index (χ0n) is 11.1. The molecule has 1 aromatic rings. The van der Waals surface area contributed by atoms with E-state index in [0.29, 0.717) is 17.1 Å². The molecule has 2 N–H and O–H groups in total. The first-order valence-electron chi connectivity index (χ1n) is 6.17. The van der Waals surface area contributed by atoms with Crippen molar-refractivity contribution in [2.75, 3.05) is 14.2 Å². The first-order chi connectivity index (χ1) is 8.49. The van der Waals surface area contributed by atoms with E-state index in [1.54, 1.807) is 7.11 Å². The predicted octanol–water partition coefficient (Wildman–Crippen LogP) is 2.77. The largest absolute Gasteiger partial charge is 0.493 e. The molecule has 1 aromatic carbocycles. The summed E-state index contributed by atoms with van der Waals surface area (Å²) >= 11 is 0. The summed E-state index contributed by atoms with van der Waals surface area (Å²) in [6.07, 6.45) is 1.72. The third-order valence-electron chi connectivity index (χ3n) is 3.44. The molecule has 1 unspecified atom stereocenters. The maximum atomic E-state index is 13.7. The topological polar surface area (TPSA) is 44.5 Å². The van der Waals surface area contributed by atoms with E-state index in [9.17, 15) is 4.39 Å². The van der Waals surface area contributed by atoms with Crippen LogP contribution in [-0.4, -0.2) is 19.8 Å². The minimum atomic E-state index is -1.10. The molecule has 2 rings (SSSR count). The van der Waals surface area contributed by atoms with Crippen LogP contribution in [0.2, 0.25) is 0 Å². The summed E-state index contributed by atoms with van der Waals surface area (Å²) in [5, 5.41) is 0. The van der Waals surface area contributed by atoms with Gasteiger partial charge in [-0.3, -0.25) is 0 Å². The molecule has 1 aliphatic rings. The highest BCUT2D eigenvalue weighted by atomic mass is 19.1. The van der Waals surface area contributed by atoms with Crippen molar-refractivity contribution in [1.82, 2.24) is 0 Å². The molecule has 0 saturated heterocycles. The van der Waals surface area contributed by atoms with Gasteiger partial charge in [0.2, 0.25) is 0 Å². The summed E-state index contributed by atoms with van der Waals surface area (Å²) in [5.74, 6) is 1.04. The van der Waals surface area contributed by atoms with Gasteiger partial charge in [-0.25, -0.2) is 4.39 Å². The van der Waals surface area contributed by atoms with E-state index in [1.165, 1.54) is 14.0 Å². The summed E-state index contributed by atoms with van der Waals surface area (Å²) in [6, 6.07) is 3.72. The Morgan fingerprint density at radius 1 is 1.33 bits per heavy atom. The average molecular weight is 253 g/mol. The predicted molar refractivity (Wildman–Crippen MR) is 68.9 cm³/mol. The van der Waals surface area contributed by atoms with Gasteiger partial charge in [0, 0.05) is 11.1 Å². The van der Waals surface area contributed by atoms with Crippen molar-refractivity contribution >= 4 is 0 Å². The van der Waals surface area contributed by atoms with E-state index in [-0.39, 0.29) is 5.54 Å². The fourth-order valence-electron chi connectivity index (χ4n) is 2.19. The lowest BCUT2D eigenvalue weighted by atomic mass is 9.99. The van der Waals surface area contributed by atoms with E-state index >= 15 is 0 Å². The number of halogens is 1. The minimum Gasteiger partial charge on any atom is -0.493 e. The molecule has 0 heterocycles. The Morgan fingerprint density at radius 2 is 2.00 bits per heavy atom. The Hall–Kier alpha value is -1.29. The SMILES string of the molecule is COc1cc(CC2(N)CC2)cc(C(C)F)c1OC. The number of ether oxygens (including phenoxy) is 2. The first-order valence-corrected chi connectivity index (χ1v) is 6.17. The highest BCUT2D eigenvalue weighted by Crippen LogP contribution is 2.41. The van der Waals surface area contributed by atoms with Gasteiger partial charge < -0.3 is 15.2 Å². The quantitative estimate of drug-likeness (QED) is 0.877. The molecular weight excluding hydrogens is 233 g/mol. The summed E-state index contributed by atoms with van der Waals surface area (Å²) in [6.45, 7) is 1.50. The number of rotatable bonds is 5. The van der Waals surface area contributed by atoms with Crippen LogP contribution >= 0.6 is 0 Å². The Kier molecular flexibility index (Phi) is 3.48. The van der Waals surface area contributed by atoms with Gasteiger partial charge in [-0.2, -0.15) is 0 Å². The minimum absolute atomic E-state index is 0.101. The molecule has 1 saturated carbocycles. The molecule has 3 nitrogen and oxygen atoms in total. The van der Waals surface area contributed by atoms with Crippen LogP contribution < -0.4 is 15.2 Å². The molecule has 0 spiro atoms. The smallest absolute Gasteiger partial charge is 0.166 e. The fourth-order valence-corrected chi connectivity index (χ4v) is 2.19. The highest BCUT2D eigenvalue weighted by Gasteiger charge is 2.38. The summed E-state index contributed by atoms with van der Waals surface area (Å²) in [7, 11) is 3.08. The molecule has 1 fully saturated rings. The number of nitrogens with two attached hydrogens (primary N) is 1. The average Bonchev–Trinajstić information content (AvgIpc) is 3.05. The van der Waals surface area contributed by atoms with Gasteiger partial charge in [0.25, 0.3) is 0 Å². The van der Waals surface area contributed by atoms with Crippen molar-refractivity contribution in [2.45, 2.75) is 37.9 Å². The number of hydrogen-bond acceptors (Lipinski definition) is 3. The van der Waals surface area contributed by atoms with Crippen LogP contribution in [0.1, 0.15) is 37.1 Å². The van der Waals surface area contributed by atoms with Gasteiger partial charge in [0.15, 0.2) is 11.5 Å². The van der Waals surface area contributed by atoms with E-state index in [2.05, 4.69) is 0 Å². The second-order valence-electron chi connectivity index (χ2n) is 5.08. The van der Waals surface area contributed by atoms with Gasteiger partial charge in [-0.15, -0.1) is 0 Å². The highest BCUT2D eigenvalue weighted by molar-refractivity contribution is 5.51. The van der Waals surface area contributed by atoms with Crippen LogP contribution in [0.4, 0.5) is 4.39 Å². The van der Waals surface area contributed by atoms with Gasteiger partial charge in [-0.05, 0) is 43.9 Å². The molecule has 1 aliphatic carbocycles. The number of benzene rings is 1. The molecule has 1 atom stereocenters. The lowest BCUT2D eigenvalue weighted by Gasteiger charge is -2.17. The van der Waals surface area contributed by atoms with Gasteiger partial charge in [-0.1, -0.05) is 0 Å². The third kappa shape index (κ3) is 2.58. The fraction of sp³-hybridized carbons (Fsp3) is 0.571. The van der Waals surface area contributed by atoms with E-state index < -0.39 is 6.17 Å². The van der Waals surface area contributed by atoms with Crippen molar-refractivity contribution in [2.24, 2.45) is 5.73 Å². The van der Waals surface area contributed by atoms with E-state index in [1.807, 2.05) is 12.1 Å². The second kappa shape index (κ2) is 4.76. The summed E-state index contributed by atoms with van der Waals surface area (Å²) in [5.41, 5.74) is 7.53. The molecule has 4 heteroatoms. The van der Waals surface area contributed by atoms with Crippen molar-refractivity contribution in [3.05, 3.63) is 23.3 Å². The number of alkyl halides is 1. The van der Waals surface area contributed by atoms with Crippen molar-refractivity contribution in [1.29, 1.82) is 0 Å². The lowest BCUT2D eigenvalue weighted by molar-refractivity contribution is 0.323. The van der Waals surface area contributed by atoms with E-state index in [0.717, 1.165) is 24.8 Å². The number of hydrogen-bond donors (Lipinski definition) is 1. The van der Waals surface area contributed by atoms with Crippen molar-refractivity contribution < 1.29 is 13.9 Å². The Balaban J connectivity index is 2.39. The molecule has 0 bridgehead atoms. The van der Waals surface area contributed by atoms with Gasteiger partial charge in [0.1, 0.15) is 6.17 Å². The van der Waals surface area contributed by atoms with Crippen molar-refractivity contribution in [3.8, 4) is 11.5 Å². The maximum absolute atomic E-state index is 13.7. The standard InChI is InChI=1S/C14H20FNO2/c1-9(15)11-6-10(8-14(16)4-5-14)7-12(17-2)13(11)18-3/h6-7,9H,4-5,8,16H2,1-3H3. The van der Waals surface area contributed by atoms with Gasteiger partial charge >= 0.3 is 0 Å². The Bertz CT molecular complexity index is 442. The molecule has 0 aliphatic heterocycles. The third-order valence-corrected chi connectivity index (χ3v) is 3.44. The molecule has 0 radical (unpaired) electrons. The van der Waals surface area contributed by atoms with E-state index in [4.69, 9.17) is 15.2 Å². The van der Waals surface area contributed by atoms with Crippen LogP contribution in [-0.2, 0) is 6.42 Å². The zero-order valence-corrected chi connectivity index (χ0v) is 11.1. The zero-order chi connectivity index (χ0) is 13.3. The second-order valence-corrected chi connectivity index (χ2v) is 5.08.